The van der Waals surface area contributed by atoms with Crippen LogP contribution < -0.4 is 0 Å². The Morgan fingerprint density at radius 3 is 2.88 bits per heavy atom. The zero-order valence-electron chi connectivity index (χ0n) is 9.18. The van der Waals surface area contributed by atoms with Gasteiger partial charge in [0.25, 0.3) is 0 Å². The number of aliphatic carboxylic acids is 1. The molecule has 1 aromatic rings. The van der Waals surface area contributed by atoms with E-state index >= 15 is 0 Å². The molecule has 0 bridgehead atoms. The molecule has 0 aliphatic heterocycles. The fourth-order valence-electron chi connectivity index (χ4n) is 1.18. The Labute approximate surface area is 110 Å². The largest absolute Gasteiger partial charge is 0.481 e. The van der Waals surface area contributed by atoms with Gasteiger partial charge in [-0.2, -0.15) is 0 Å². The number of aromatic nitrogens is 2. The minimum absolute atomic E-state index is 0. The van der Waals surface area contributed by atoms with E-state index in [9.17, 15) is 4.79 Å². The number of ether oxygens (including phenoxy) is 1. The number of carbonyl (C=O) groups is 1. The molecule has 0 aliphatic rings. The second-order valence-electron chi connectivity index (χ2n) is 2.92. The van der Waals surface area contributed by atoms with Crippen LogP contribution in [-0.2, 0) is 9.53 Å². The topological polar surface area (TPSA) is 72.3 Å². The molecule has 5 nitrogen and oxygen atoms in total. The van der Waals surface area contributed by atoms with Gasteiger partial charge >= 0.3 is 5.97 Å². The molecule has 7 heteroatoms. The number of carboxylic acid groups (broad SMARTS) is 1. The Balaban J connectivity index is 0.00000225. The molecule has 1 unspecified atom stereocenters. The maximum absolute atomic E-state index is 11.0. The van der Waals surface area contributed by atoms with E-state index in [2.05, 4.69) is 9.97 Å². The molecule has 0 aliphatic carbocycles. The second-order valence-corrected chi connectivity index (χ2v) is 3.26. The number of halogens is 1. The first-order valence-corrected chi connectivity index (χ1v) is 4.73. The smallest absolute Gasteiger partial charge is 0.312 e. The van der Waals surface area contributed by atoms with Crippen LogP contribution in [0.2, 0.25) is 5.28 Å². The molecule has 1 aromatic heterocycles. The van der Waals surface area contributed by atoms with E-state index in [-0.39, 0.29) is 24.1 Å². The molecule has 1 atom stereocenters. The number of methoxy groups -OCH3 is 1. The maximum atomic E-state index is 11.0. The number of rotatable bonds is 5. The number of hydrogen-bond donors (Lipinski definition) is 1. The van der Waals surface area contributed by atoms with Crippen LogP contribution in [0.15, 0.2) is 12.3 Å². The Morgan fingerprint density at radius 2 is 2.38 bits per heavy atom. The van der Waals surface area contributed by atoms with Crippen LogP contribution in [0.3, 0.4) is 0 Å². The van der Waals surface area contributed by atoms with Crippen molar-refractivity contribution in [3.8, 4) is 0 Å². The zero-order chi connectivity index (χ0) is 11.3. The molecule has 1 heterocycles. The minimum Gasteiger partial charge on any atom is -0.481 e. The molecule has 83 valence electrons. The van der Waals surface area contributed by atoms with Crippen molar-refractivity contribution < 1.29 is 14.6 Å². The van der Waals surface area contributed by atoms with E-state index in [0.29, 0.717) is 18.7 Å². The fourth-order valence-corrected chi connectivity index (χ4v) is 1.33. The fraction of sp³-hybridized carbons (Fsp3) is 0.444. The minimum atomic E-state index is -0.943. The van der Waals surface area contributed by atoms with Crippen molar-refractivity contribution in [3.63, 3.8) is 0 Å². The van der Waals surface area contributed by atoms with Gasteiger partial charge in [0.05, 0.1) is 5.69 Å². The van der Waals surface area contributed by atoms with Crippen LogP contribution in [-0.4, -0.2) is 53.6 Å². The SMILES string of the molecule is COCCC(C(=O)O)c1ccnc(Cl)n1.[Li]. The summed E-state index contributed by atoms with van der Waals surface area (Å²) in [7, 11) is 1.52. The quantitative estimate of drug-likeness (QED) is 0.610. The van der Waals surface area contributed by atoms with Crippen molar-refractivity contribution in [2.24, 2.45) is 0 Å². The third-order valence-corrected chi connectivity index (χ3v) is 2.10. The average molecular weight is 238 g/mol. The molecular weight excluding hydrogens is 227 g/mol. The van der Waals surface area contributed by atoms with Crippen molar-refractivity contribution in [1.82, 2.24) is 9.97 Å². The van der Waals surface area contributed by atoms with Crippen LogP contribution in [0.1, 0.15) is 18.0 Å². The van der Waals surface area contributed by atoms with Crippen molar-refractivity contribution in [2.45, 2.75) is 12.3 Å². The monoisotopic (exact) mass is 237 g/mol. The molecule has 0 saturated heterocycles. The predicted octanol–water partition coefficient (Wildman–Crippen LogP) is 0.954. The number of hydrogen-bond acceptors (Lipinski definition) is 4. The van der Waals surface area contributed by atoms with Gasteiger partial charge in [0.15, 0.2) is 0 Å². The van der Waals surface area contributed by atoms with Crippen LogP contribution >= 0.6 is 11.6 Å². The summed E-state index contributed by atoms with van der Waals surface area (Å²) in [6.07, 6.45) is 1.80. The number of nitrogens with zero attached hydrogens (tertiary/aromatic N) is 2. The summed E-state index contributed by atoms with van der Waals surface area (Å²) in [4.78, 5) is 18.5. The van der Waals surface area contributed by atoms with Gasteiger partial charge in [-0.3, -0.25) is 4.79 Å². The van der Waals surface area contributed by atoms with Gasteiger partial charge in [-0.05, 0) is 24.1 Å². The summed E-state index contributed by atoms with van der Waals surface area (Å²) in [5.41, 5.74) is 0.402. The normalized spacial score (nSPS) is 11.6. The Kier molecular flexibility index (Phi) is 7.35. The van der Waals surface area contributed by atoms with Gasteiger partial charge in [0.1, 0.15) is 5.92 Å². The average Bonchev–Trinajstić information content (AvgIpc) is 2.18. The van der Waals surface area contributed by atoms with E-state index < -0.39 is 11.9 Å². The van der Waals surface area contributed by atoms with Gasteiger partial charge in [0, 0.05) is 38.8 Å². The molecule has 1 N–H and O–H groups in total. The van der Waals surface area contributed by atoms with Crippen molar-refractivity contribution in [2.75, 3.05) is 13.7 Å². The summed E-state index contributed by atoms with van der Waals surface area (Å²) >= 11 is 5.58. The van der Waals surface area contributed by atoms with Crippen LogP contribution in [0, 0.1) is 0 Å². The van der Waals surface area contributed by atoms with Crippen LogP contribution in [0.25, 0.3) is 0 Å². The third kappa shape index (κ3) is 4.50. The molecule has 0 amide bonds. The summed E-state index contributed by atoms with van der Waals surface area (Å²) in [5, 5.41) is 9.04. The molecule has 0 fully saturated rings. The second kappa shape index (κ2) is 7.64. The van der Waals surface area contributed by atoms with E-state index in [1.54, 1.807) is 6.07 Å². The summed E-state index contributed by atoms with van der Waals surface area (Å²) < 4.78 is 4.83. The zero-order valence-corrected chi connectivity index (χ0v) is 9.94. The summed E-state index contributed by atoms with van der Waals surface area (Å²) in [5.74, 6) is -1.65. The van der Waals surface area contributed by atoms with Gasteiger partial charge in [0.2, 0.25) is 5.28 Å². The number of carboxylic acids is 1. The van der Waals surface area contributed by atoms with E-state index in [0.717, 1.165) is 0 Å². The molecule has 0 saturated carbocycles. The first-order valence-electron chi connectivity index (χ1n) is 4.35. The molecule has 0 aromatic carbocycles. The summed E-state index contributed by atoms with van der Waals surface area (Å²) in [6.45, 7) is 0.360. The third-order valence-electron chi connectivity index (χ3n) is 1.91. The van der Waals surface area contributed by atoms with Crippen molar-refractivity contribution in [3.05, 3.63) is 23.2 Å². The Hall–Kier alpha value is -0.603. The predicted molar refractivity (Wildman–Crippen MR) is 59.7 cm³/mol. The van der Waals surface area contributed by atoms with Gasteiger partial charge in [-0.1, -0.05) is 0 Å². The van der Waals surface area contributed by atoms with Crippen LogP contribution in [0.5, 0.6) is 0 Å². The van der Waals surface area contributed by atoms with Crippen LogP contribution in [0.4, 0.5) is 0 Å². The molecule has 16 heavy (non-hydrogen) atoms. The van der Waals surface area contributed by atoms with E-state index in [1.807, 2.05) is 0 Å². The first-order chi connectivity index (χ1) is 7.15. The molecule has 1 radical (unpaired) electrons. The standard InChI is InChI=1S/C9H11ClN2O3.Li/c1-15-5-3-6(8(13)14)7-2-4-11-9(10)12-7;/h2,4,6H,3,5H2,1H3,(H,13,14);. The van der Waals surface area contributed by atoms with Crippen molar-refractivity contribution in [1.29, 1.82) is 0 Å². The van der Waals surface area contributed by atoms with Crippen molar-refractivity contribution >= 4 is 36.4 Å². The van der Waals surface area contributed by atoms with Gasteiger partial charge in [-0.15, -0.1) is 0 Å². The molecule has 0 spiro atoms. The Bertz CT molecular complexity index is 351. The van der Waals surface area contributed by atoms with Gasteiger partial charge in [-0.25, -0.2) is 9.97 Å². The van der Waals surface area contributed by atoms with E-state index in [4.69, 9.17) is 21.4 Å². The maximum Gasteiger partial charge on any atom is 0.312 e. The molecule has 1 rings (SSSR count). The Morgan fingerprint density at radius 1 is 1.69 bits per heavy atom. The van der Waals surface area contributed by atoms with E-state index in [1.165, 1.54) is 13.3 Å². The van der Waals surface area contributed by atoms with Gasteiger partial charge < -0.3 is 9.84 Å². The summed E-state index contributed by atoms with van der Waals surface area (Å²) in [6, 6.07) is 1.54. The molecular formula is C9H11ClLiN2O3. The first kappa shape index (κ1) is 15.4.